The van der Waals surface area contributed by atoms with E-state index < -0.39 is 35.5 Å². The second kappa shape index (κ2) is 7.53. The summed E-state index contributed by atoms with van der Waals surface area (Å²) in [5, 5.41) is 2.41. The minimum Gasteiger partial charge on any atom is -0.486 e. The number of hydrogen-bond donors (Lipinski definition) is 1. The third-order valence-corrected chi connectivity index (χ3v) is 4.16. The van der Waals surface area contributed by atoms with Crippen molar-refractivity contribution in [2.24, 2.45) is 4.99 Å². The summed E-state index contributed by atoms with van der Waals surface area (Å²) in [7, 11) is 0. The van der Waals surface area contributed by atoms with E-state index in [1.165, 1.54) is 6.20 Å². The number of alkyl halides is 2. The molecule has 3 heterocycles. The molecule has 150 valence electrons. The number of aliphatic imine (C=N–C) groups is 1. The lowest BCUT2D eigenvalue weighted by atomic mass is 10.2. The van der Waals surface area contributed by atoms with Crippen LogP contribution in [-0.2, 0) is 4.74 Å². The zero-order chi connectivity index (χ0) is 20.6. The number of hydrogen-bond acceptors (Lipinski definition) is 5. The molecule has 0 aromatic carbocycles. The highest BCUT2D eigenvalue weighted by Crippen LogP contribution is 2.30. The predicted octanol–water partition coefficient (Wildman–Crippen LogP) is 2.54. The lowest BCUT2D eigenvalue weighted by Crippen LogP contribution is -2.39. The second-order valence-corrected chi connectivity index (χ2v) is 6.64. The zero-order valence-corrected chi connectivity index (χ0v) is 15.4. The average molecular weight is 396 g/mol. The molecular weight excluding hydrogens is 377 g/mol. The topological polar surface area (TPSA) is 75.9 Å². The van der Waals surface area contributed by atoms with Crippen LogP contribution in [0.2, 0.25) is 0 Å². The van der Waals surface area contributed by atoms with Crippen LogP contribution in [0.1, 0.15) is 37.7 Å². The number of ether oxygens (including phenoxy) is 1. The van der Waals surface area contributed by atoms with E-state index in [0.29, 0.717) is 6.54 Å². The van der Waals surface area contributed by atoms with E-state index in [9.17, 15) is 22.8 Å². The molecule has 28 heavy (non-hydrogen) atoms. The average Bonchev–Trinajstić information content (AvgIpc) is 2.99. The molecular formula is C18H19F3N4O3. The summed E-state index contributed by atoms with van der Waals surface area (Å²) in [6.45, 7) is 2.48. The second-order valence-electron chi connectivity index (χ2n) is 6.64. The van der Waals surface area contributed by atoms with Crippen LogP contribution in [0, 0.1) is 0 Å². The molecule has 1 aromatic heterocycles. The molecule has 7 nitrogen and oxygen atoms in total. The Hall–Kier alpha value is -3.04. The number of nitrogens with one attached hydrogen (secondary N) is 1. The van der Waals surface area contributed by atoms with Crippen LogP contribution in [0.15, 0.2) is 51.6 Å². The predicted molar refractivity (Wildman–Crippen MR) is 95.5 cm³/mol. The Kier molecular flexibility index (Phi) is 5.30. The van der Waals surface area contributed by atoms with E-state index >= 15 is 0 Å². The monoisotopic (exact) mass is 396 g/mol. The number of carbonyl (C=O) groups is 1. The van der Waals surface area contributed by atoms with Crippen molar-refractivity contribution in [2.45, 2.75) is 39.5 Å². The van der Waals surface area contributed by atoms with E-state index in [2.05, 4.69) is 10.3 Å². The van der Waals surface area contributed by atoms with Gasteiger partial charge in [-0.05, 0) is 32.9 Å². The molecule has 0 radical (unpaired) electrons. The van der Waals surface area contributed by atoms with Gasteiger partial charge in [-0.3, -0.25) is 19.1 Å². The molecule has 0 saturated carbocycles. The van der Waals surface area contributed by atoms with Crippen LogP contribution >= 0.6 is 0 Å². The lowest BCUT2D eigenvalue weighted by Gasteiger charge is -2.29. The number of fused-ring (bicyclic) bond motifs is 1. The molecule has 2 aliphatic rings. The fourth-order valence-electron chi connectivity index (χ4n) is 2.85. The standard InChI is InChI=1S/C18H19F3N4O3/c1-9(2)28-14-12(8-25-10(3)7-22-15(25)13(14)19)23-16(26)11-5-4-6-24(17(11)27)18(20)21/h4-6,8-10,18H,7H2,1-3H3,(H,23,26). The molecule has 1 unspecified atom stereocenters. The Morgan fingerprint density at radius 3 is 2.75 bits per heavy atom. The fourth-order valence-corrected chi connectivity index (χ4v) is 2.85. The van der Waals surface area contributed by atoms with E-state index in [1.807, 2.05) is 6.92 Å². The minimum atomic E-state index is -3.09. The molecule has 0 bridgehead atoms. The Labute approximate surface area is 158 Å². The number of amides is 1. The van der Waals surface area contributed by atoms with Crippen molar-refractivity contribution in [1.29, 1.82) is 0 Å². The number of nitrogens with zero attached hydrogens (tertiary/aromatic N) is 3. The lowest BCUT2D eigenvalue weighted by molar-refractivity contribution is 0.0657. The quantitative estimate of drug-likeness (QED) is 0.830. The summed E-state index contributed by atoms with van der Waals surface area (Å²) < 4.78 is 46.4. The SMILES string of the molecule is CC(C)OC1=C(F)C2=NCC(C)N2C=C1NC(=O)c1cccn(C(F)F)c1=O. The van der Waals surface area contributed by atoms with Crippen molar-refractivity contribution in [1.82, 2.24) is 14.8 Å². The summed E-state index contributed by atoms with van der Waals surface area (Å²) >= 11 is 0. The molecule has 0 aliphatic carbocycles. The molecule has 0 saturated heterocycles. The molecule has 1 aromatic rings. The summed E-state index contributed by atoms with van der Waals surface area (Å²) in [5.41, 5.74) is -1.67. The van der Waals surface area contributed by atoms with Crippen molar-refractivity contribution in [3.05, 3.63) is 57.7 Å². The smallest absolute Gasteiger partial charge is 0.321 e. The number of aromatic nitrogens is 1. The van der Waals surface area contributed by atoms with Gasteiger partial charge in [-0.1, -0.05) is 0 Å². The maximum Gasteiger partial charge on any atom is 0.321 e. The number of pyridine rings is 1. The molecule has 10 heteroatoms. The third kappa shape index (κ3) is 3.54. The zero-order valence-electron chi connectivity index (χ0n) is 15.4. The van der Waals surface area contributed by atoms with Gasteiger partial charge in [0.2, 0.25) is 5.83 Å². The number of carbonyl (C=O) groups excluding carboxylic acids is 1. The van der Waals surface area contributed by atoms with Gasteiger partial charge in [-0.25, -0.2) is 0 Å². The normalized spacial score (nSPS) is 19.0. The van der Waals surface area contributed by atoms with Gasteiger partial charge in [0.05, 0.1) is 18.7 Å². The fraction of sp³-hybridized carbons (Fsp3) is 0.389. The van der Waals surface area contributed by atoms with Crippen LogP contribution in [0.25, 0.3) is 0 Å². The van der Waals surface area contributed by atoms with Gasteiger partial charge >= 0.3 is 6.55 Å². The number of amidine groups is 1. The molecule has 1 amide bonds. The highest BCUT2D eigenvalue weighted by molar-refractivity contribution is 6.02. The van der Waals surface area contributed by atoms with Gasteiger partial charge in [0, 0.05) is 12.4 Å². The van der Waals surface area contributed by atoms with Gasteiger partial charge in [0.25, 0.3) is 11.5 Å². The van der Waals surface area contributed by atoms with Crippen LogP contribution < -0.4 is 10.9 Å². The van der Waals surface area contributed by atoms with Gasteiger partial charge in [-0.2, -0.15) is 13.2 Å². The molecule has 2 aliphatic heterocycles. The summed E-state index contributed by atoms with van der Waals surface area (Å²) in [6, 6.07) is 2.14. The Bertz CT molecular complexity index is 950. The van der Waals surface area contributed by atoms with Crippen LogP contribution in [0.5, 0.6) is 0 Å². The summed E-state index contributed by atoms with van der Waals surface area (Å²) in [5.74, 6) is -1.82. The van der Waals surface area contributed by atoms with Crippen molar-refractivity contribution in [3.63, 3.8) is 0 Å². The number of halogens is 3. The Balaban J connectivity index is 1.97. The van der Waals surface area contributed by atoms with E-state index in [-0.39, 0.29) is 27.9 Å². The Morgan fingerprint density at radius 2 is 2.11 bits per heavy atom. The van der Waals surface area contributed by atoms with Crippen LogP contribution in [0.3, 0.4) is 0 Å². The first-order chi connectivity index (χ1) is 13.2. The number of rotatable bonds is 5. The molecule has 1 atom stereocenters. The first kappa shape index (κ1) is 19.7. The first-order valence-corrected chi connectivity index (χ1v) is 8.63. The maximum atomic E-state index is 14.9. The van der Waals surface area contributed by atoms with Crippen molar-refractivity contribution in [3.8, 4) is 0 Å². The van der Waals surface area contributed by atoms with Crippen molar-refractivity contribution in [2.75, 3.05) is 6.54 Å². The molecule has 1 N–H and O–H groups in total. The third-order valence-electron chi connectivity index (χ3n) is 4.16. The van der Waals surface area contributed by atoms with Crippen molar-refractivity contribution < 1.29 is 22.7 Å². The van der Waals surface area contributed by atoms with Gasteiger partial charge in [-0.15, -0.1) is 0 Å². The highest BCUT2D eigenvalue weighted by atomic mass is 19.3. The van der Waals surface area contributed by atoms with Gasteiger partial charge < -0.3 is 15.0 Å². The summed E-state index contributed by atoms with van der Waals surface area (Å²) in [6.07, 6.45) is 1.94. The minimum absolute atomic E-state index is 0.0178. The maximum absolute atomic E-state index is 14.9. The molecule has 0 fully saturated rings. The van der Waals surface area contributed by atoms with E-state index in [0.717, 1.165) is 18.3 Å². The van der Waals surface area contributed by atoms with Crippen LogP contribution in [0.4, 0.5) is 13.2 Å². The van der Waals surface area contributed by atoms with Gasteiger partial charge in [0.1, 0.15) is 11.3 Å². The van der Waals surface area contributed by atoms with Crippen LogP contribution in [-0.4, -0.2) is 39.9 Å². The van der Waals surface area contributed by atoms with E-state index in [4.69, 9.17) is 4.74 Å². The first-order valence-electron chi connectivity index (χ1n) is 8.63. The Morgan fingerprint density at radius 1 is 1.39 bits per heavy atom. The van der Waals surface area contributed by atoms with Gasteiger partial charge in [0.15, 0.2) is 11.6 Å². The summed E-state index contributed by atoms with van der Waals surface area (Å²) in [4.78, 5) is 30.3. The van der Waals surface area contributed by atoms with E-state index in [1.54, 1.807) is 18.7 Å². The largest absolute Gasteiger partial charge is 0.486 e. The molecule has 3 rings (SSSR count). The highest BCUT2D eigenvalue weighted by Gasteiger charge is 2.35. The van der Waals surface area contributed by atoms with Crippen molar-refractivity contribution >= 4 is 11.7 Å². The molecule has 0 spiro atoms.